The van der Waals surface area contributed by atoms with Crippen LogP contribution in [0.25, 0.3) is 0 Å². The zero-order chi connectivity index (χ0) is 15.1. The molecule has 1 aliphatic rings. The van der Waals surface area contributed by atoms with Gasteiger partial charge in [-0.3, -0.25) is 0 Å². The molecule has 0 aromatic rings. The predicted molar refractivity (Wildman–Crippen MR) is 90.7 cm³/mol. The van der Waals surface area contributed by atoms with Crippen LogP contribution in [0, 0.1) is 49.6 Å². The Bertz CT molecular complexity index is 213. The molecule has 8 radical (unpaired) electrons. The molecule has 1 saturated carbocycles. The molecule has 0 heterocycles. The van der Waals surface area contributed by atoms with E-state index in [0.29, 0.717) is 0 Å². The first kappa shape index (κ1) is 20.9. The first-order valence-corrected chi connectivity index (χ1v) is 19.7. The van der Waals surface area contributed by atoms with Gasteiger partial charge in [0.05, 0.1) is 16.1 Å². The average Bonchev–Trinajstić information content (AvgIpc) is 2.13. The molecule has 0 aromatic heterocycles. The molecule has 1 rings (SSSR count). The molecule has 0 amide bonds. The van der Waals surface area contributed by atoms with Crippen LogP contribution in [0.2, 0.25) is 39.3 Å². The third-order valence-corrected chi connectivity index (χ3v) is 6.97. The fourth-order valence-corrected chi connectivity index (χ4v) is 3.97. The standard InChI is InChI=1S/C14H24Si2.2ClH.Zr/c1-15(2,3)13-9-7-8-10-14(12-11-13)16(4,5)6;;;/h7-12H,1-6H3;2*1H;/q;;;+4/p-2. The van der Waals surface area contributed by atoms with Gasteiger partial charge in [0, 0.05) is 0 Å². The van der Waals surface area contributed by atoms with E-state index in [4.69, 9.17) is 17.0 Å². The fraction of sp³-hybridized carbons (Fsp3) is 0.429. The van der Waals surface area contributed by atoms with E-state index in [1.54, 1.807) is 0 Å². The topological polar surface area (TPSA) is 0 Å². The molecular formula is C14H24Cl2Si2Zr+2. The minimum atomic E-state index is -1.19. The van der Waals surface area contributed by atoms with E-state index in [9.17, 15) is 0 Å². The van der Waals surface area contributed by atoms with Gasteiger partial charge >= 0.3 is 37.9 Å². The monoisotopic (exact) mass is 408 g/mol. The van der Waals surface area contributed by atoms with Crippen molar-refractivity contribution in [2.75, 3.05) is 0 Å². The summed E-state index contributed by atoms with van der Waals surface area (Å²) >= 11 is -0.826. The average molecular weight is 411 g/mol. The molecule has 1 aliphatic carbocycles. The molecule has 0 aromatic carbocycles. The third kappa shape index (κ3) is 9.50. The maximum absolute atomic E-state index is 4.93. The van der Waals surface area contributed by atoms with Crippen molar-refractivity contribution in [3.63, 3.8) is 0 Å². The van der Waals surface area contributed by atoms with Crippen LogP contribution in [0.3, 0.4) is 0 Å². The van der Waals surface area contributed by atoms with Crippen LogP contribution in [-0.2, 0) is 20.8 Å². The van der Waals surface area contributed by atoms with Crippen molar-refractivity contribution in [1.29, 1.82) is 0 Å². The Morgan fingerprint density at radius 1 is 0.684 bits per heavy atom. The Labute approximate surface area is 142 Å². The molecule has 19 heavy (non-hydrogen) atoms. The molecule has 0 unspecified atom stereocenters. The van der Waals surface area contributed by atoms with Crippen molar-refractivity contribution in [2.45, 2.75) is 39.3 Å². The van der Waals surface area contributed by atoms with Crippen LogP contribution in [0.4, 0.5) is 0 Å². The molecular weight excluding hydrogens is 386 g/mol. The first-order valence-electron chi connectivity index (χ1n) is 6.37. The van der Waals surface area contributed by atoms with Crippen LogP contribution in [0.5, 0.6) is 0 Å². The molecule has 0 bridgehead atoms. The van der Waals surface area contributed by atoms with Gasteiger partial charge in [0.15, 0.2) is 0 Å². The predicted octanol–water partition coefficient (Wildman–Crippen LogP) is 5.51. The van der Waals surface area contributed by atoms with Gasteiger partial charge in [0.25, 0.3) is 0 Å². The van der Waals surface area contributed by atoms with Crippen molar-refractivity contribution in [1.82, 2.24) is 0 Å². The number of halogens is 2. The Morgan fingerprint density at radius 2 is 0.947 bits per heavy atom. The molecule has 1 fully saturated rings. The van der Waals surface area contributed by atoms with E-state index in [1.165, 1.54) is 11.1 Å². The van der Waals surface area contributed by atoms with E-state index in [0.717, 1.165) is 0 Å². The van der Waals surface area contributed by atoms with Gasteiger partial charge in [-0.25, -0.2) is 0 Å². The molecule has 0 saturated heterocycles. The summed E-state index contributed by atoms with van der Waals surface area (Å²) in [7, 11) is 7.49. The maximum atomic E-state index is 4.93. The first-order chi connectivity index (χ1) is 8.62. The molecule has 0 spiro atoms. The second kappa shape index (κ2) is 9.82. The SMILES string of the molecule is C[Si](C)(C)[C]1[CH][CH][CH][CH][C]([Si](C)(C)C)[CH][CH]1.[Cl][Zr+2][Cl]. The van der Waals surface area contributed by atoms with E-state index in [1.807, 2.05) is 0 Å². The molecule has 104 valence electrons. The second-order valence-corrected chi connectivity index (χ2v) is 20.4. The van der Waals surface area contributed by atoms with Gasteiger partial charge in [-0.05, 0) is 49.6 Å². The molecule has 0 atom stereocenters. The second-order valence-electron chi connectivity index (χ2n) is 6.53. The van der Waals surface area contributed by atoms with Crippen LogP contribution in [-0.4, -0.2) is 16.1 Å². The van der Waals surface area contributed by atoms with Gasteiger partial charge in [0.1, 0.15) is 0 Å². The van der Waals surface area contributed by atoms with Gasteiger partial charge in [-0.2, -0.15) is 0 Å². The van der Waals surface area contributed by atoms with Gasteiger partial charge in [0.2, 0.25) is 0 Å². The van der Waals surface area contributed by atoms with Crippen molar-refractivity contribution in [2.24, 2.45) is 0 Å². The van der Waals surface area contributed by atoms with E-state index in [2.05, 4.69) is 77.8 Å². The summed E-state index contributed by atoms with van der Waals surface area (Å²) in [6.45, 7) is 14.4. The van der Waals surface area contributed by atoms with E-state index in [-0.39, 0.29) is 0 Å². The van der Waals surface area contributed by atoms with Crippen LogP contribution < -0.4 is 0 Å². The number of hydrogen-bond donors (Lipinski definition) is 0. The Hall–Kier alpha value is 1.90. The number of rotatable bonds is 2. The summed E-state index contributed by atoms with van der Waals surface area (Å²) in [5.74, 6) is 0. The molecule has 0 N–H and O–H groups in total. The van der Waals surface area contributed by atoms with Crippen molar-refractivity contribution in [3.8, 4) is 0 Å². The summed E-state index contributed by atoms with van der Waals surface area (Å²) in [6.07, 6.45) is 13.6. The summed E-state index contributed by atoms with van der Waals surface area (Å²) in [6, 6.07) is 0. The van der Waals surface area contributed by atoms with Crippen LogP contribution >= 0.6 is 17.0 Å². The van der Waals surface area contributed by atoms with Crippen molar-refractivity contribution in [3.05, 3.63) is 49.6 Å². The normalized spacial score (nSPS) is 19.8. The van der Waals surface area contributed by atoms with Gasteiger partial charge in [-0.15, -0.1) is 0 Å². The van der Waals surface area contributed by atoms with E-state index < -0.39 is 37.0 Å². The Kier molecular flexibility index (Phi) is 10.8. The summed E-state index contributed by atoms with van der Waals surface area (Å²) in [5.41, 5.74) is 3.07. The zero-order valence-electron chi connectivity index (χ0n) is 12.7. The summed E-state index contributed by atoms with van der Waals surface area (Å²) < 4.78 is 0. The van der Waals surface area contributed by atoms with Crippen LogP contribution in [0.15, 0.2) is 0 Å². The van der Waals surface area contributed by atoms with Crippen molar-refractivity contribution < 1.29 is 20.8 Å². The fourth-order valence-electron chi connectivity index (χ4n) is 1.61. The van der Waals surface area contributed by atoms with Crippen molar-refractivity contribution >= 4 is 33.2 Å². The third-order valence-electron chi connectivity index (χ3n) is 2.84. The minimum absolute atomic E-state index is 0.826. The van der Waals surface area contributed by atoms with E-state index >= 15 is 0 Å². The van der Waals surface area contributed by atoms with Crippen LogP contribution in [0.1, 0.15) is 0 Å². The molecule has 5 heteroatoms. The van der Waals surface area contributed by atoms with Gasteiger partial charge in [-0.1, -0.05) is 39.3 Å². The zero-order valence-corrected chi connectivity index (χ0v) is 18.7. The number of hydrogen-bond acceptors (Lipinski definition) is 0. The molecule has 0 aliphatic heterocycles. The Balaban J connectivity index is 0.000000982. The van der Waals surface area contributed by atoms with Gasteiger partial charge < -0.3 is 0 Å². The summed E-state index contributed by atoms with van der Waals surface area (Å²) in [5, 5.41) is 0. The Morgan fingerprint density at radius 3 is 1.16 bits per heavy atom. The quantitative estimate of drug-likeness (QED) is 0.527. The molecule has 0 nitrogen and oxygen atoms in total. The summed E-state index contributed by atoms with van der Waals surface area (Å²) in [4.78, 5) is 0.